The van der Waals surface area contributed by atoms with Crippen LogP contribution in [0.4, 0.5) is 0 Å². The van der Waals surface area contributed by atoms with Crippen LogP contribution in [0, 0.1) is 0 Å². The Bertz CT molecular complexity index is 592. The lowest BCUT2D eigenvalue weighted by Crippen LogP contribution is -2.36. The van der Waals surface area contributed by atoms with Gasteiger partial charge in [-0.3, -0.25) is 4.98 Å². The van der Waals surface area contributed by atoms with Gasteiger partial charge in [-0.15, -0.1) is 0 Å². The second-order valence-electron chi connectivity index (χ2n) is 5.58. The summed E-state index contributed by atoms with van der Waals surface area (Å²) in [5.74, 6) is -0.407. The highest BCUT2D eigenvalue weighted by Gasteiger charge is 2.09. The first-order valence-electron chi connectivity index (χ1n) is 6.55. The van der Waals surface area contributed by atoms with Crippen molar-refractivity contribution in [3.05, 3.63) is 34.3 Å². The van der Waals surface area contributed by atoms with E-state index < -0.39 is 5.76 Å². The summed E-state index contributed by atoms with van der Waals surface area (Å²) in [6.07, 6.45) is 1.86. The summed E-state index contributed by atoms with van der Waals surface area (Å²) in [6.45, 7) is 5.85. The molecule has 1 heterocycles. The first-order valence-corrected chi connectivity index (χ1v) is 6.55. The Hall–Kier alpha value is -1.59. The van der Waals surface area contributed by atoms with Crippen LogP contribution in [0.5, 0.6) is 0 Å². The number of nitrogens with one attached hydrogen (secondary N) is 2. The standard InChI is InChI=1S/C14H21N3O2/c1-14(2,15)6-8-16-7-5-10-3-4-12-11(9-10)17-13(18)19-12/h3-4,9,16H,5-8,15H2,1-2H3,(H,17,18). The Balaban J connectivity index is 1.83. The SMILES string of the molecule is CC(C)(N)CCNCCc1ccc2oc(=O)[nH]c2c1. The Morgan fingerprint density at radius 3 is 2.89 bits per heavy atom. The van der Waals surface area contributed by atoms with E-state index in [0.717, 1.165) is 31.4 Å². The van der Waals surface area contributed by atoms with Crippen LogP contribution in [0.15, 0.2) is 27.4 Å². The summed E-state index contributed by atoms with van der Waals surface area (Å²) in [6, 6.07) is 5.76. The molecule has 5 nitrogen and oxygen atoms in total. The van der Waals surface area contributed by atoms with Crippen LogP contribution in [0.25, 0.3) is 11.1 Å². The van der Waals surface area contributed by atoms with Crippen LogP contribution in [-0.4, -0.2) is 23.6 Å². The highest BCUT2D eigenvalue weighted by Crippen LogP contribution is 2.12. The number of hydrogen-bond acceptors (Lipinski definition) is 4. The quantitative estimate of drug-likeness (QED) is 0.687. The van der Waals surface area contributed by atoms with Gasteiger partial charge in [0.2, 0.25) is 0 Å². The molecule has 0 unspecified atom stereocenters. The van der Waals surface area contributed by atoms with Gasteiger partial charge in [0.05, 0.1) is 5.52 Å². The normalized spacial score (nSPS) is 12.2. The van der Waals surface area contributed by atoms with Gasteiger partial charge in [0.1, 0.15) is 0 Å². The molecule has 0 saturated heterocycles. The second kappa shape index (κ2) is 5.59. The summed E-state index contributed by atoms with van der Waals surface area (Å²) in [5.41, 5.74) is 8.32. The van der Waals surface area contributed by atoms with E-state index in [1.54, 1.807) is 0 Å². The fraction of sp³-hybridized carbons (Fsp3) is 0.500. The number of rotatable bonds is 6. The summed E-state index contributed by atoms with van der Waals surface area (Å²) >= 11 is 0. The van der Waals surface area contributed by atoms with Gasteiger partial charge in [0.25, 0.3) is 0 Å². The summed E-state index contributed by atoms with van der Waals surface area (Å²) in [5, 5.41) is 3.37. The average molecular weight is 263 g/mol. The number of aromatic nitrogens is 1. The fourth-order valence-corrected chi connectivity index (χ4v) is 1.92. The molecule has 0 spiro atoms. The lowest BCUT2D eigenvalue weighted by atomic mass is 10.0. The monoisotopic (exact) mass is 263 g/mol. The minimum Gasteiger partial charge on any atom is -0.408 e. The zero-order valence-corrected chi connectivity index (χ0v) is 11.5. The molecule has 0 amide bonds. The average Bonchev–Trinajstić information content (AvgIpc) is 2.66. The van der Waals surface area contributed by atoms with Crippen molar-refractivity contribution < 1.29 is 4.42 Å². The van der Waals surface area contributed by atoms with Crippen molar-refractivity contribution in [2.75, 3.05) is 13.1 Å². The second-order valence-corrected chi connectivity index (χ2v) is 5.58. The fourth-order valence-electron chi connectivity index (χ4n) is 1.92. The molecule has 0 aliphatic carbocycles. The number of oxazole rings is 1. The van der Waals surface area contributed by atoms with E-state index in [1.165, 1.54) is 5.56 Å². The largest absolute Gasteiger partial charge is 0.417 e. The lowest BCUT2D eigenvalue weighted by molar-refractivity contribution is 0.456. The van der Waals surface area contributed by atoms with Gasteiger partial charge in [0.15, 0.2) is 5.58 Å². The minimum absolute atomic E-state index is 0.123. The molecule has 2 rings (SSSR count). The smallest absolute Gasteiger partial charge is 0.408 e. The molecule has 4 N–H and O–H groups in total. The van der Waals surface area contributed by atoms with Crippen molar-refractivity contribution in [1.29, 1.82) is 0 Å². The van der Waals surface area contributed by atoms with Crippen LogP contribution in [0.2, 0.25) is 0 Å². The van der Waals surface area contributed by atoms with Crippen molar-refractivity contribution in [3.63, 3.8) is 0 Å². The van der Waals surface area contributed by atoms with Crippen molar-refractivity contribution in [2.45, 2.75) is 32.2 Å². The Kier molecular flexibility index (Phi) is 4.07. The molecule has 104 valence electrons. The summed E-state index contributed by atoms with van der Waals surface area (Å²) in [7, 11) is 0. The van der Waals surface area contributed by atoms with Gasteiger partial charge in [-0.2, -0.15) is 0 Å². The molecule has 5 heteroatoms. The first kappa shape index (κ1) is 13.8. The van der Waals surface area contributed by atoms with Gasteiger partial charge in [-0.25, -0.2) is 4.79 Å². The number of H-pyrrole nitrogens is 1. The van der Waals surface area contributed by atoms with Gasteiger partial charge in [-0.1, -0.05) is 6.07 Å². The third kappa shape index (κ3) is 4.22. The van der Waals surface area contributed by atoms with Gasteiger partial charge < -0.3 is 15.5 Å². The maximum atomic E-state index is 11.0. The maximum absolute atomic E-state index is 11.0. The predicted molar refractivity (Wildman–Crippen MR) is 76.3 cm³/mol. The molecule has 0 bridgehead atoms. The number of aromatic amines is 1. The van der Waals surface area contributed by atoms with E-state index in [4.69, 9.17) is 10.2 Å². The molecule has 2 aromatic rings. The van der Waals surface area contributed by atoms with E-state index in [1.807, 2.05) is 32.0 Å². The van der Waals surface area contributed by atoms with Gasteiger partial charge in [-0.05, 0) is 57.5 Å². The lowest BCUT2D eigenvalue weighted by Gasteiger charge is -2.18. The van der Waals surface area contributed by atoms with E-state index in [2.05, 4.69) is 10.3 Å². The number of hydrogen-bond donors (Lipinski definition) is 3. The van der Waals surface area contributed by atoms with Crippen LogP contribution >= 0.6 is 0 Å². The molecule has 0 atom stereocenters. The zero-order chi connectivity index (χ0) is 13.9. The van der Waals surface area contributed by atoms with Crippen LogP contribution in [0.3, 0.4) is 0 Å². The number of benzene rings is 1. The summed E-state index contributed by atoms with van der Waals surface area (Å²) in [4.78, 5) is 13.7. The van der Waals surface area contributed by atoms with Crippen molar-refractivity contribution in [2.24, 2.45) is 5.73 Å². The number of nitrogens with two attached hydrogens (primary N) is 1. The maximum Gasteiger partial charge on any atom is 0.417 e. The van der Waals surface area contributed by atoms with Crippen LogP contribution < -0.4 is 16.8 Å². The molecule has 0 radical (unpaired) electrons. The van der Waals surface area contributed by atoms with Crippen LogP contribution in [-0.2, 0) is 6.42 Å². The molecular weight excluding hydrogens is 242 g/mol. The molecule has 1 aromatic carbocycles. The third-order valence-corrected chi connectivity index (χ3v) is 3.02. The Morgan fingerprint density at radius 2 is 2.16 bits per heavy atom. The van der Waals surface area contributed by atoms with E-state index in [0.29, 0.717) is 5.58 Å². The molecule has 0 aliphatic heterocycles. The highest BCUT2D eigenvalue weighted by molar-refractivity contribution is 5.72. The van der Waals surface area contributed by atoms with Gasteiger partial charge >= 0.3 is 5.76 Å². The Morgan fingerprint density at radius 1 is 1.37 bits per heavy atom. The molecule has 0 saturated carbocycles. The summed E-state index contributed by atoms with van der Waals surface area (Å²) < 4.78 is 4.96. The minimum atomic E-state index is -0.407. The van der Waals surface area contributed by atoms with Gasteiger partial charge in [0, 0.05) is 5.54 Å². The van der Waals surface area contributed by atoms with E-state index >= 15 is 0 Å². The molecule has 0 aliphatic rings. The zero-order valence-electron chi connectivity index (χ0n) is 11.5. The predicted octanol–water partition coefficient (Wildman–Crippen LogP) is 1.38. The molecule has 19 heavy (non-hydrogen) atoms. The molecular formula is C14H21N3O2. The third-order valence-electron chi connectivity index (χ3n) is 3.02. The van der Waals surface area contributed by atoms with Crippen molar-refractivity contribution in [3.8, 4) is 0 Å². The van der Waals surface area contributed by atoms with Crippen LogP contribution in [0.1, 0.15) is 25.8 Å². The number of fused-ring (bicyclic) bond motifs is 1. The Labute approximate surface area is 112 Å². The highest BCUT2D eigenvalue weighted by atomic mass is 16.4. The van der Waals surface area contributed by atoms with E-state index in [9.17, 15) is 4.79 Å². The van der Waals surface area contributed by atoms with Crippen molar-refractivity contribution >= 4 is 11.1 Å². The first-order chi connectivity index (χ1) is 8.94. The van der Waals surface area contributed by atoms with Crippen molar-refractivity contribution in [1.82, 2.24) is 10.3 Å². The molecule has 1 aromatic heterocycles. The molecule has 0 fully saturated rings. The topological polar surface area (TPSA) is 84.0 Å². The van der Waals surface area contributed by atoms with E-state index in [-0.39, 0.29) is 5.54 Å².